The van der Waals surface area contributed by atoms with Crippen molar-refractivity contribution < 1.29 is 21.7 Å². The normalized spacial score (nSPS) is 21.1. The van der Waals surface area contributed by atoms with Crippen LogP contribution in [-0.4, -0.2) is 21.2 Å². The van der Waals surface area contributed by atoms with Crippen LogP contribution in [0.15, 0.2) is 24.4 Å². The van der Waals surface area contributed by atoms with Crippen molar-refractivity contribution in [1.82, 2.24) is 4.98 Å². The van der Waals surface area contributed by atoms with Crippen molar-refractivity contribution >= 4 is 21.7 Å². The number of H-pyrrole nitrogens is 1. The number of aromatic amines is 1. The Morgan fingerprint density at radius 1 is 1.58 bits per heavy atom. The highest BCUT2D eigenvalue weighted by Gasteiger charge is 2.20. The minimum Gasteiger partial charge on any atom is -1.00 e. The predicted molar refractivity (Wildman–Crippen MR) is 48.6 cm³/mol. The lowest BCUT2D eigenvalue weighted by Crippen LogP contribution is -3.00. The van der Waals surface area contributed by atoms with Gasteiger partial charge in [0.25, 0.3) is 5.76 Å². The van der Waals surface area contributed by atoms with E-state index in [0.717, 1.165) is 18.1 Å². The number of ether oxygens (including phenoxy) is 1. The van der Waals surface area contributed by atoms with Crippen LogP contribution in [0.1, 0.15) is 5.69 Å². The fourth-order valence-electron chi connectivity index (χ4n) is 1.13. The second-order valence-electron chi connectivity index (χ2n) is 2.49. The van der Waals surface area contributed by atoms with Crippen molar-refractivity contribution in [2.75, 3.05) is 6.61 Å². The summed E-state index contributed by atoms with van der Waals surface area (Å²) in [6, 6.07) is 4.01. The minimum absolute atomic E-state index is 0. The first-order chi connectivity index (χ1) is 5.36. The molecule has 2 N–H and O–H groups in total. The summed E-state index contributed by atoms with van der Waals surface area (Å²) in [6.45, 7) is 0.856. The summed E-state index contributed by atoms with van der Waals surface area (Å²) in [4.78, 5) is 3.53. The molecule has 4 heteroatoms. The molecule has 0 saturated heterocycles. The van der Waals surface area contributed by atoms with Crippen molar-refractivity contribution in [2.24, 2.45) is 0 Å². The van der Waals surface area contributed by atoms with Gasteiger partial charge >= 0.3 is 0 Å². The lowest BCUT2D eigenvalue weighted by Gasteiger charge is -1.96. The Bertz CT molecular complexity index is 269. The van der Waals surface area contributed by atoms with E-state index in [1.165, 1.54) is 0 Å². The average molecular weight is 295 g/mol. The molecule has 0 aliphatic carbocycles. The molecule has 1 unspecified atom stereocenters. The SMILES string of the molecule is BrC1C=C(c2ccc[nH]2)[OH+]C1.[Br-]. The van der Waals surface area contributed by atoms with Gasteiger partial charge in [0.2, 0.25) is 0 Å². The molecule has 0 amide bonds. The lowest BCUT2D eigenvalue weighted by atomic mass is 10.3. The lowest BCUT2D eigenvalue weighted by molar-refractivity contribution is -0.00000372. The third-order valence-electron chi connectivity index (χ3n) is 1.65. The number of rotatable bonds is 1. The minimum atomic E-state index is 0. The highest BCUT2D eigenvalue weighted by atomic mass is 79.9. The van der Waals surface area contributed by atoms with Crippen molar-refractivity contribution in [2.45, 2.75) is 4.83 Å². The molecule has 66 valence electrons. The fraction of sp³-hybridized carbons (Fsp3) is 0.250. The first kappa shape index (κ1) is 9.86. The third-order valence-corrected chi connectivity index (χ3v) is 2.20. The number of nitrogens with one attached hydrogen (secondary N) is 1. The molecule has 0 radical (unpaired) electrons. The van der Waals surface area contributed by atoms with Crippen LogP contribution in [0.4, 0.5) is 0 Å². The molecule has 2 heterocycles. The van der Waals surface area contributed by atoms with Gasteiger partial charge in [-0.3, -0.25) is 0 Å². The van der Waals surface area contributed by atoms with Crippen LogP contribution in [0.5, 0.6) is 0 Å². The summed E-state index contributed by atoms with van der Waals surface area (Å²) < 4.78 is 4.34. The summed E-state index contributed by atoms with van der Waals surface area (Å²) >= 11 is 3.48. The van der Waals surface area contributed by atoms with E-state index in [-0.39, 0.29) is 17.0 Å². The Balaban J connectivity index is 0.000000720. The van der Waals surface area contributed by atoms with Gasteiger partial charge in [0.1, 0.15) is 10.5 Å². The largest absolute Gasteiger partial charge is 1.00 e. The second-order valence-corrected chi connectivity index (χ2v) is 3.67. The Morgan fingerprint density at radius 2 is 2.42 bits per heavy atom. The number of hydrogen-bond donors (Lipinski definition) is 1. The van der Waals surface area contributed by atoms with Crippen molar-refractivity contribution in [3.8, 4) is 0 Å². The maximum atomic E-state index is 4.34. The zero-order valence-corrected chi connectivity index (χ0v) is 9.47. The molecule has 1 aliphatic rings. The van der Waals surface area contributed by atoms with E-state index >= 15 is 0 Å². The molecule has 0 fully saturated rings. The van der Waals surface area contributed by atoms with Gasteiger partial charge in [-0.2, -0.15) is 0 Å². The highest BCUT2D eigenvalue weighted by molar-refractivity contribution is 9.09. The van der Waals surface area contributed by atoms with Crippen molar-refractivity contribution in [3.05, 3.63) is 30.1 Å². The van der Waals surface area contributed by atoms with E-state index in [1.807, 2.05) is 18.3 Å². The summed E-state index contributed by atoms with van der Waals surface area (Å²) in [5.41, 5.74) is 1.10. The van der Waals surface area contributed by atoms with E-state index < -0.39 is 0 Å². The molecule has 0 aromatic carbocycles. The Labute approximate surface area is 89.9 Å². The standard InChI is InChI=1S/C8H8BrNO.BrH/c9-6-4-8(11-5-6)7-2-1-3-10-7;/h1-4,6,10H,5H2;1H. The molecular formula is C8H9Br2NO. The molecule has 12 heavy (non-hydrogen) atoms. The fourth-order valence-corrected chi connectivity index (χ4v) is 1.52. The topological polar surface area (TPSA) is 28.6 Å². The first-order valence-corrected chi connectivity index (χ1v) is 4.45. The quantitative estimate of drug-likeness (QED) is 0.491. The molecule has 1 aromatic heterocycles. The smallest absolute Gasteiger partial charge is 0.276 e. The first-order valence-electron chi connectivity index (χ1n) is 3.53. The molecule has 1 atom stereocenters. The highest BCUT2D eigenvalue weighted by Crippen LogP contribution is 2.21. The van der Waals surface area contributed by atoms with E-state index in [4.69, 9.17) is 0 Å². The molecule has 2 rings (SSSR count). The van der Waals surface area contributed by atoms with Crippen LogP contribution in [0, 0.1) is 0 Å². The number of alkyl halides is 1. The number of aliphatic hydroxyl groups is 2. The van der Waals surface area contributed by atoms with Crippen LogP contribution < -0.4 is 17.0 Å². The molecule has 0 saturated carbocycles. The van der Waals surface area contributed by atoms with Crippen molar-refractivity contribution in [3.63, 3.8) is 0 Å². The van der Waals surface area contributed by atoms with E-state index in [2.05, 4.69) is 31.7 Å². The zero-order valence-electron chi connectivity index (χ0n) is 6.30. The van der Waals surface area contributed by atoms with Gasteiger partial charge in [0.15, 0.2) is 6.61 Å². The van der Waals surface area contributed by atoms with Gasteiger partial charge < -0.3 is 26.7 Å². The molecule has 0 bridgehead atoms. The molecule has 1 aliphatic heterocycles. The Hall–Kier alpha value is -0.220. The molecule has 0 spiro atoms. The van der Waals surface area contributed by atoms with Gasteiger partial charge in [-0.25, -0.2) is 0 Å². The van der Waals surface area contributed by atoms with Crippen LogP contribution in [0.25, 0.3) is 5.76 Å². The van der Waals surface area contributed by atoms with E-state index in [0.29, 0.717) is 4.83 Å². The summed E-state index contributed by atoms with van der Waals surface area (Å²) in [7, 11) is 0. The Morgan fingerprint density at radius 3 is 2.92 bits per heavy atom. The van der Waals surface area contributed by atoms with Gasteiger partial charge in [-0.15, -0.1) is 0 Å². The van der Waals surface area contributed by atoms with E-state index in [9.17, 15) is 0 Å². The van der Waals surface area contributed by atoms with Crippen LogP contribution in [0.2, 0.25) is 0 Å². The summed E-state index contributed by atoms with van der Waals surface area (Å²) in [5.74, 6) is 1.07. The maximum absolute atomic E-state index is 4.34. The number of aromatic nitrogens is 1. The van der Waals surface area contributed by atoms with Gasteiger partial charge in [0.05, 0.1) is 0 Å². The van der Waals surface area contributed by atoms with Crippen LogP contribution in [0.3, 0.4) is 0 Å². The monoisotopic (exact) mass is 293 g/mol. The molecular weight excluding hydrogens is 286 g/mol. The van der Waals surface area contributed by atoms with Gasteiger partial charge in [-0.05, 0) is 12.1 Å². The van der Waals surface area contributed by atoms with E-state index in [1.54, 1.807) is 0 Å². The predicted octanol–water partition coefficient (Wildman–Crippen LogP) is -1.34. The zero-order chi connectivity index (χ0) is 7.68. The van der Waals surface area contributed by atoms with Gasteiger partial charge in [-0.1, -0.05) is 15.9 Å². The van der Waals surface area contributed by atoms with Crippen molar-refractivity contribution in [1.29, 1.82) is 0 Å². The summed E-state index contributed by atoms with van der Waals surface area (Å²) in [5, 5.41) is 0. The molecule has 1 aromatic rings. The number of halogens is 2. The summed E-state index contributed by atoms with van der Waals surface area (Å²) in [6.07, 6.45) is 4.03. The second kappa shape index (κ2) is 4.14. The Kier molecular flexibility index (Phi) is 3.40. The third kappa shape index (κ3) is 1.93. The maximum Gasteiger partial charge on any atom is 0.276 e. The average Bonchev–Trinajstić information content (AvgIpc) is 2.55. The number of hydrogen-bond acceptors (Lipinski definition) is 0. The molecule has 2 nitrogen and oxygen atoms in total. The van der Waals surface area contributed by atoms with Crippen LogP contribution >= 0.6 is 15.9 Å². The van der Waals surface area contributed by atoms with Gasteiger partial charge in [0, 0.05) is 12.3 Å². The van der Waals surface area contributed by atoms with Crippen LogP contribution in [-0.2, 0) is 0 Å².